The standard InChI is InChI=1S/C48H50F3N11O4/c1-29-25-33(5-12-37(29)30(2)54-44(64)43-57-45(66-58-43)47(16-17-47)48(49,50)51)41-38-26-39(55-42(38)53-28-52-41)32-3-6-34(7-4-32)61-23-21-59(22-24-61)27-31-13-18-60(19-14-31)35-8-10-36(11-9-35)62-20-15-40(63)56-46(62)65/h3-12,25-26,28,30-31H,13-24,27H2,1-2H3,(H,54,64)(H,52,53,55)(H,56,63,65). The number of piperazine rings is 1. The summed E-state index contributed by atoms with van der Waals surface area (Å²) in [4.78, 5) is 62.3. The number of nitrogens with one attached hydrogen (secondary N) is 3. The maximum Gasteiger partial charge on any atom is 0.403 e. The zero-order valence-corrected chi connectivity index (χ0v) is 36.7. The Morgan fingerprint density at radius 3 is 2.20 bits per heavy atom. The molecule has 3 aromatic heterocycles. The molecule has 0 spiro atoms. The number of urea groups is 1. The molecular weight excluding hydrogens is 852 g/mol. The number of rotatable bonds is 11. The Bertz CT molecular complexity index is 2770. The second kappa shape index (κ2) is 17.2. The summed E-state index contributed by atoms with van der Waals surface area (Å²) in [6.45, 7) is 11.2. The SMILES string of the molecule is Cc1cc(-c2ncnc3[nH]c(-c4ccc(N5CCN(CC6CCN(c7ccc(N8CCC(=O)NC8=O)cc7)CC6)CC5)cc4)cc23)ccc1C(C)NC(=O)c1noc(C2(C(F)(F)F)CC2)n1. The fourth-order valence-corrected chi connectivity index (χ4v) is 9.66. The Morgan fingerprint density at radius 1 is 0.864 bits per heavy atom. The van der Waals surface area contributed by atoms with Crippen LogP contribution in [0.4, 0.5) is 35.0 Å². The molecule has 3 aromatic carbocycles. The molecule has 3 aliphatic heterocycles. The molecule has 1 aliphatic carbocycles. The summed E-state index contributed by atoms with van der Waals surface area (Å²) in [6, 6.07) is 23.7. The molecule has 6 aromatic rings. The molecule has 0 bridgehead atoms. The molecule has 1 saturated carbocycles. The van der Waals surface area contributed by atoms with Gasteiger partial charge in [0.1, 0.15) is 17.4 Å². The fraction of sp³-hybridized carbons (Fsp3) is 0.396. The summed E-state index contributed by atoms with van der Waals surface area (Å²) < 4.78 is 45.5. The van der Waals surface area contributed by atoms with Crippen LogP contribution in [0.3, 0.4) is 0 Å². The maximum atomic E-state index is 13.5. The topological polar surface area (TPSA) is 169 Å². The number of halogens is 3. The number of hydrogen-bond acceptors (Lipinski definition) is 11. The van der Waals surface area contributed by atoms with E-state index in [0.717, 1.165) is 109 Å². The molecule has 15 nitrogen and oxygen atoms in total. The van der Waals surface area contributed by atoms with Crippen molar-refractivity contribution in [2.75, 3.05) is 67.1 Å². The van der Waals surface area contributed by atoms with Crippen LogP contribution in [0.1, 0.15) is 72.7 Å². The van der Waals surface area contributed by atoms with Gasteiger partial charge in [0.2, 0.25) is 11.8 Å². The van der Waals surface area contributed by atoms with Crippen LogP contribution in [0.15, 0.2) is 83.6 Å². The van der Waals surface area contributed by atoms with Gasteiger partial charge in [0.15, 0.2) is 0 Å². The molecule has 0 radical (unpaired) electrons. The zero-order valence-electron chi connectivity index (χ0n) is 36.7. The number of alkyl halides is 3. The first-order valence-electron chi connectivity index (χ1n) is 22.5. The zero-order chi connectivity index (χ0) is 45.7. The van der Waals surface area contributed by atoms with Gasteiger partial charge in [-0.1, -0.05) is 29.4 Å². The van der Waals surface area contributed by atoms with Crippen molar-refractivity contribution in [3.05, 3.63) is 102 Å². The Labute approximate surface area is 378 Å². The van der Waals surface area contributed by atoms with Crippen molar-refractivity contribution < 1.29 is 32.1 Å². The van der Waals surface area contributed by atoms with Crippen LogP contribution in [0.25, 0.3) is 33.5 Å². The van der Waals surface area contributed by atoms with Crippen molar-refractivity contribution in [2.24, 2.45) is 5.92 Å². The van der Waals surface area contributed by atoms with Crippen LogP contribution in [0, 0.1) is 12.8 Å². The van der Waals surface area contributed by atoms with E-state index < -0.39 is 35.3 Å². The average molecular weight is 902 g/mol. The molecular formula is C48H50F3N11O4. The molecule has 342 valence electrons. The Morgan fingerprint density at radius 2 is 1.53 bits per heavy atom. The third-order valence-electron chi connectivity index (χ3n) is 13.7. The number of amides is 4. The quantitative estimate of drug-likeness (QED) is 0.117. The normalized spacial score (nSPS) is 18.7. The van der Waals surface area contributed by atoms with E-state index >= 15 is 0 Å². The maximum absolute atomic E-state index is 13.5. The van der Waals surface area contributed by atoms with Crippen LogP contribution in [0.2, 0.25) is 0 Å². The van der Waals surface area contributed by atoms with Gasteiger partial charge in [-0.25, -0.2) is 14.8 Å². The Balaban J connectivity index is 0.715. The number of imide groups is 1. The fourth-order valence-electron chi connectivity index (χ4n) is 9.66. The van der Waals surface area contributed by atoms with Gasteiger partial charge in [-0.05, 0) is 111 Å². The van der Waals surface area contributed by atoms with Crippen LogP contribution < -0.4 is 25.3 Å². The number of anilines is 3. The lowest BCUT2D eigenvalue weighted by molar-refractivity contribution is -0.166. The molecule has 1 unspecified atom stereocenters. The number of carbonyl (C=O) groups is 3. The van der Waals surface area contributed by atoms with Gasteiger partial charge in [-0.3, -0.25) is 24.7 Å². The first-order valence-corrected chi connectivity index (χ1v) is 22.5. The number of aryl methyl sites for hydroxylation is 1. The van der Waals surface area contributed by atoms with Crippen molar-refractivity contribution in [1.29, 1.82) is 0 Å². The number of H-pyrrole nitrogens is 1. The molecule has 3 saturated heterocycles. The largest absolute Gasteiger partial charge is 0.403 e. The van der Waals surface area contributed by atoms with Crippen LogP contribution in [-0.2, 0) is 10.2 Å². The molecule has 3 N–H and O–H groups in total. The van der Waals surface area contributed by atoms with E-state index in [4.69, 9.17) is 4.52 Å². The van der Waals surface area contributed by atoms with Crippen LogP contribution in [-0.4, -0.2) is 106 Å². The molecule has 18 heteroatoms. The van der Waals surface area contributed by atoms with Crippen molar-refractivity contribution in [1.82, 2.24) is 40.6 Å². The number of hydrogen-bond donors (Lipinski definition) is 3. The lowest BCUT2D eigenvalue weighted by Crippen LogP contribution is -2.49. The minimum absolute atomic E-state index is 0.142. The third kappa shape index (κ3) is 8.45. The van der Waals surface area contributed by atoms with Crippen molar-refractivity contribution in [3.63, 3.8) is 0 Å². The Hall–Kier alpha value is -6.82. The summed E-state index contributed by atoms with van der Waals surface area (Å²) >= 11 is 0. The predicted molar refractivity (Wildman–Crippen MR) is 242 cm³/mol. The summed E-state index contributed by atoms with van der Waals surface area (Å²) in [5.41, 5.74) is 6.99. The summed E-state index contributed by atoms with van der Waals surface area (Å²) in [7, 11) is 0. The number of carbonyl (C=O) groups excluding carboxylic acids is 3. The number of aromatic nitrogens is 5. The lowest BCUT2D eigenvalue weighted by atomic mass is 9.95. The number of nitrogens with zero attached hydrogens (tertiary/aromatic N) is 8. The van der Waals surface area contributed by atoms with E-state index in [9.17, 15) is 27.6 Å². The van der Waals surface area contributed by atoms with E-state index in [1.807, 2.05) is 37.3 Å². The van der Waals surface area contributed by atoms with E-state index in [0.29, 0.717) is 24.5 Å². The second-order valence-corrected chi connectivity index (χ2v) is 18.0. The van der Waals surface area contributed by atoms with Crippen molar-refractivity contribution >= 4 is 45.9 Å². The highest BCUT2D eigenvalue weighted by Gasteiger charge is 2.68. The monoisotopic (exact) mass is 901 g/mol. The van der Waals surface area contributed by atoms with Gasteiger partial charge in [0.25, 0.3) is 11.7 Å². The van der Waals surface area contributed by atoms with Crippen LogP contribution >= 0.6 is 0 Å². The molecule has 4 amide bonds. The number of piperidine rings is 1. The lowest BCUT2D eigenvalue weighted by Gasteiger charge is -2.40. The minimum Gasteiger partial charge on any atom is -0.372 e. The van der Waals surface area contributed by atoms with E-state index in [2.05, 4.69) is 92.9 Å². The summed E-state index contributed by atoms with van der Waals surface area (Å²) in [6.07, 6.45) is -0.682. The number of aromatic amines is 1. The molecule has 4 aliphatic rings. The predicted octanol–water partition coefficient (Wildman–Crippen LogP) is 7.55. The summed E-state index contributed by atoms with van der Waals surface area (Å²) in [5, 5.41) is 9.59. The van der Waals surface area contributed by atoms with Gasteiger partial charge < -0.3 is 24.6 Å². The molecule has 1 atom stereocenters. The number of benzene rings is 3. The van der Waals surface area contributed by atoms with Gasteiger partial charge in [0.05, 0.1) is 11.7 Å². The van der Waals surface area contributed by atoms with Gasteiger partial charge in [-0.2, -0.15) is 18.2 Å². The molecule has 66 heavy (non-hydrogen) atoms. The van der Waals surface area contributed by atoms with E-state index in [1.54, 1.807) is 11.8 Å². The van der Waals surface area contributed by atoms with Crippen molar-refractivity contribution in [3.8, 4) is 22.5 Å². The average Bonchev–Trinajstić information content (AvgIpc) is 3.78. The minimum atomic E-state index is -4.52. The van der Waals surface area contributed by atoms with E-state index in [-0.39, 0.29) is 24.8 Å². The molecule has 10 rings (SSSR count). The molecule has 4 fully saturated rings. The molecule has 6 heterocycles. The van der Waals surface area contributed by atoms with Gasteiger partial charge >= 0.3 is 12.2 Å². The van der Waals surface area contributed by atoms with Gasteiger partial charge in [-0.15, -0.1) is 0 Å². The summed E-state index contributed by atoms with van der Waals surface area (Å²) in [5.74, 6) is -1.30. The highest BCUT2D eigenvalue weighted by atomic mass is 19.4. The first kappa shape index (κ1) is 43.1. The smallest absolute Gasteiger partial charge is 0.372 e. The first-order chi connectivity index (χ1) is 31.8. The van der Waals surface area contributed by atoms with Crippen molar-refractivity contribution in [2.45, 2.75) is 63.6 Å². The Kier molecular flexibility index (Phi) is 11.2. The number of fused-ring (bicyclic) bond motifs is 1. The van der Waals surface area contributed by atoms with Crippen LogP contribution in [0.5, 0.6) is 0 Å². The van der Waals surface area contributed by atoms with E-state index in [1.165, 1.54) is 12.0 Å². The van der Waals surface area contributed by atoms with Gasteiger partial charge in [0, 0.05) is 92.5 Å². The third-order valence-corrected chi connectivity index (χ3v) is 13.7. The highest BCUT2D eigenvalue weighted by Crippen LogP contribution is 2.58. The second-order valence-electron chi connectivity index (χ2n) is 18.0. The highest BCUT2D eigenvalue weighted by molar-refractivity contribution is 6.05.